The maximum atomic E-state index is 12.7. The van der Waals surface area contributed by atoms with E-state index in [1.165, 1.54) is 12.1 Å². The first-order valence-electron chi connectivity index (χ1n) is 5.17. The van der Waals surface area contributed by atoms with Crippen LogP contribution >= 0.6 is 0 Å². The summed E-state index contributed by atoms with van der Waals surface area (Å²) in [7, 11) is 0. The molecule has 0 bridgehead atoms. The average Bonchev–Trinajstić information content (AvgIpc) is 2.15. The maximum absolute atomic E-state index is 12.7. The van der Waals surface area contributed by atoms with Crippen LogP contribution in [0.25, 0.3) is 0 Å². The molecule has 15 heavy (non-hydrogen) atoms. The maximum Gasteiger partial charge on any atom is 0.123 e. The van der Waals surface area contributed by atoms with E-state index in [9.17, 15) is 4.39 Å². The fraction of sp³-hybridized carbons (Fsp3) is 0.500. The predicted molar refractivity (Wildman–Crippen MR) is 59.0 cm³/mol. The minimum Gasteiger partial charge on any atom is -0.369 e. The van der Waals surface area contributed by atoms with Crippen molar-refractivity contribution in [3.05, 3.63) is 35.6 Å². The van der Waals surface area contributed by atoms with Gasteiger partial charge in [0.2, 0.25) is 0 Å². The third kappa shape index (κ3) is 3.61. The second-order valence-corrected chi connectivity index (χ2v) is 4.02. The number of benzene rings is 1. The molecule has 0 aliphatic rings. The van der Waals surface area contributed by atoms with Gasteiger partial charge < -0.3 is 10.5 Å². The molecule has 0 aromatic heterocycles. The highest BCUT2D eigenvalue weighted by atomic mass is 19.1. The fourth-order valence-electron chi connectivity index (χ4n) is 1.45. The summed E-state index contributed by atoms with van der Waals surface area (Å²) in [6.07, 6.45) is -0.0725. The van der Waals surface area contributed by atoms with Crippen molar-refractivity contribution in [2.24, 2.45) is 5.73 Å². The topological polar surface area (TPSA) is 35.2 Å². The summed E-state index contributed by atoms with van der Waals surface area (Å²) < 4.78 is 18.4. The van der Waals surface area contributed by atoms with Gasteiger partial charge in [0, 0.05) is 6.04 Å². The highest BCUT2D eigenvalue weighted by molar-refractivity contribution is 5.20. The van der Waals surface area contributed by atoms with Crippen LogP contribution in [0.4, 0.5) is 4.39 Å². The van der Waals surface area contributed by atoms with Crippen LogP contribution in [0.5, 0.6) is 0 Å². The first kappa shape index (κ1) is 12.1. The van der Waals surface area contributed by atoms with Crippen LogP contribution in [0, 0.1) is 5.82 Å². The van der Waals surface area contributed by atoms with E-state index >= 15 is 0 Å². The normalized spacial score (nSPS) is 15.3. The first-order valence-corrected chi connectivity index (χ1v) is 5.17. The number of ether oxygens (including phenoxy) is 1. The summed E-state index contributed by atoms with van der Waals surface area (Å²) in [6.45, 7) is 5.80. The molecular formula is C12H18FNO. The zero-order valence-electron chi connectivity index (χ0n) is 9.41. The van der Waals surface area contributed by atoms with Crippen molar-refractivity contribution < 1.29 is 9.13 Å². The van der Waals surface area contributed by atoms with E-state index < -0.39 is 0 Å². The molecule has 2 unspecified atom stereocenters. The summed E-state index contributed by atoms with van der Waals surface area (Å²) in [4.78, 5) is 0. The second-order valence-electron chi connectivity index (χ2n) is 4.02. The van der Waals surface area contributed by atoms with Crippen molar-refractivity contribution in [1.82, 2.24) is 0 Å². The Bertz CT molecular complexity index is 295. The van der Waals surface area contributed by atoms with Gasteiger partial charge in [0.05, 0.1) is 12.2 Å². The summed E-state index contributed by atoms with van der Waals surface area (Å²) >= 11 is 0. The summed E-state index contributed by atoms with van der Waals surface area (Å²) in [5, 5.41) is 0. The largest absolute Gasteiger partial charge is 0.369 e. The Morgan fingerprint density at radius 3 is 2.07 bits per heavy atom. The quantitative estimate of drug-likeness (QED) is 0.831. The van der Waals surface area contributed by atoms with Crippen LogP contribution in [-0.2, 0) is 4.74 Å². The van der Waals surface area contributed by atoms with Crippen molar-refractivity contribution in [1.29, 1.82) is 0 Å². The van der Waals surface area contributed by atoms with Crippen molar-refractivity contribution in [2.45, 2.75) is 39.0 Å². The van der Waals surface area contributed by atoms with Crippen LogP contribution in [0.15, 0.2) is 24.3 Å². The molecule has 1 aromatic rings. The Labute approximate surface area is 90.2 Å². The monoisotopic (exact) mass is 211 g/mol. The lowest BCUT2D eigenvalue weighted by molar-refractivity contribution is -0.00515. The number of halogens is 1. The smallest absolute Gasteiger partial charge is 0.123 e. The Hall–Kier alpha value is -0.930. The van der Waals surface area contributed by atoms with Crippen LogP contribution < -0.4 is 5.73 Å². The van der Waals surface area contributed by atoms with Gasteiger partial charge in [-0.25, -0.2) is 4.39 Å². The van der Waals surface area contributed by atoms with Crippen molar-refractivity contribution in [3.8, 4) is 0 Å². The molecule has 2 N–H and O–H groups in total. The van der Waals surface area contributed by atoms with E-state index in [2.05, 4.69) is 0 Å². The Morgan fingerprint density at radius 1 is 1.13 bits per heavy atom. The molecule has 0 heterocycles. The molecule has 0 fully saturated rings. The van der Waals surface area contributed by atoms with Gasteiger partial charge in [0.15, 0.2) is 0 Å². The number of rotatable bonds is 4. The lowest BCUT2D eigenvalue weighted by atomic mass is 10.0. The molecular weight excluding hydrogens is 193 g/mol. The van der Waals surface area contributed by atoms with E-state index in [-0.39, 0.29) is 24.1 Å². The minimum atomic E-state index is -0.244. The van der Waals surface area contributed by atoms with Crippen LogP contribution in [0.3, 0.4) is 0 Å². The molecule has 1 rings (SSSR count). The molecule has 0 spiro atoms. The van der Waals surface area contributed by atoms with Crippen molar-refractivity contribution in [2.75, 3.05) is 0 Å². The first-order chi connectivity index (χ1) is 7.00. The molecule has 0 aliphatic carbocycles. The minimum absolute atomic E-state index is 0.103. The van der Waals surface area contributed by atoms with Gasteiger partial charge in [0.25, 0.3) is 0 Å². The molecule has 1 aromatic carbocycles. The average molecular weight is 211 g/mol. The Balaban J connectivity index is 2.84. The number of hydrogen-bond acceptors (Lipinski definition) is 2. The zero-order valence-corrected chi connectivity index (χ0v) is 9.41. The second kappa shape index (κ2) is 5.24. The van der Waals surface area contributed by atoms with Gasteiger partial charge in [-0.15, -0.1) is 0 Å². The molecule has 0 saturated heterocycles. The predicted octanol–water partition coefficient (Wildman–Crippen LogP) is 2.64. The van der Waals surface area contributed by atoms with Gasteiger partial charge in [-0.1, -0.05) is 12.1 Å². The molecule has 2 nitrogen and oxygen atoms in total. The SMILES string of the molecule is CC(C)OC(c1ccc(F)cc1)C(C)N. The van der Waals surface area contributed by atoms with Gasteiger partial charge in [-0.05, 0) is 38.5 Å². The third-order valence-electron chi connectivity index (χ3n) is 2.09. The molecule has 0 aliphatic heterocycles. The number of nitrogens with two attached hydrogens (primary N) is 1. The van der Waals surface area contributed by atoms with Crippen LogP contribution in [0.2, 0.25) is 0 Å². The Morgan fingerprint density at radius 2 is 1.67 bits per heavy atom. The van der Waals surface area contributed by atoms with Crippen molar-refractivity contribution in [3.63, 3.8) is 0 Å². The van der Waals surface area contributed by atoms with Gasteiger partial charge in [-0.3, -0.25) is 0 Å². The van der Waals surface area contributed by atoms with E-state index in [0.29, 0.717) is 0 Å². The molecule has 3 heteroatoms. The Kier molecular flexibility index (Phi) is 4.24. The molecule has 84 valence electrons. The summed E-state index contributed by atoms with van der Waals surface area (Å²) in [6, 6.07) is 6.16. The molecule has 2 atom stereocenters. The molecule has 0 saturated carbocycles. The highest BCUT2D eigenvalue weighted by Gasteiger charge is 2.18. The van der Waals surface area contributed by atoms with Crippen molar-refractivity contribution >= 4 is 0 Å². The summed E-state index contributed by atoms with van der Waals surface area (Å²) in [5.41, 5.74) is 6.75. The van der Waals surface area contributed by atoms with E-state index in [1.54, 1.807) is 12.1 Å². The lowest BCUT2D eigenvalue weighted by Gasteiger charge is -2.24. The van der Waals surface area contributed by atoms with Gasteiger partial charge in [0.1, 0.15) is 5.82 Å². The molecule has 0 amide bonds. The summed E-state index contributed by atoms with van der Waals surface area (Å²) in [5.74, 6) is -0.244. The standard InChI is InChI=1S/C12H18FNO/c1-8(2)15-12(9(3)14)10-4-6-11(13)7-5-10/h4-9,12H,14H2,1-3H3. The van der Waals surface area contributed by atoms with Gasteiger partial charge >= 0.3 is 0 Å². The highest BCUT2D eigenvalue weighted by Crippen LogP contribution is 2.22. The zero-order chi connectivity index (χ0) is 11.4. The van der Waals surface area contributed by atoms with E-state index in [1.807, 2.05) is 20.8 Å². The van der Waals surface area contributed by atoms with Crippen LogP contribution in [0.1, 0.15) is 32.4 Å². The number of hydrogen-bond donors (Lipinski definition) is 1. The van der Waals surface area contributed by atoms with E-state index in [0.717, 1.165) is 5.56 Å². The molecule has 0 radical (unpaired) electrons. The third-order valence-corrected chi connectivity index (χ3v) is 2.09. The lowest BCUT2D eigenvalue weighted by Crippen LogP contribution is -2.28. The van der Waals surface area contributed by atoms with Crippen LogP contribution in [-0.4, -0.2) is 12.1 Å². The fourth-order valence-corrected chi connectivity index (χ4v) is 1.45. The van der Waals surface area contributed by atoms with E-state index in [4.69, 9.17) is 10.5 Å². The van der Waals surface area contributed by atoms with Gasteiger partial charge in [-0.2, -0.15) is 0 Å².